The van der Waals surface area contributed by atoms with Gasteiger partial charge in [0, 0.05) is 12.8 Å². The van der Waals surface area contributed by atoms with Crippen LogP contribution in [0.5, 0.6) is 0 Å². The largest absolute Gasteiger partial charge is 0.466 e. The summed E-state index contributed by atoms with van der Waals surface area (Å²) in [6.45, 7) is 6.30. The predicted octanol–water partition coefficient (Wildman–Crippen LogP) is 2.29. The van der Waals surface area contributed by atoms with Crippen LogP contribution in [0.1, 0.15) is 40.0 Å². The lowest BCUT2D eigenvalue weighted by atomic mass is 9.94. The minimum absolute atomic E-state index is 0.162. The van der Waals surface area contributed by atoms with Crippen molar-refractivity contribution < 1.29 is 13.9 Å². The molecule has 0 aromatic carbocycles. The maximum absolute atomic E-state index is 12.4. The molecule has 0 saturated heterocycles. The van der Waals surface area contributed by atoms with Gasteiger partial charge < -0.3 is 10.5 Å². The molecule has 0 amide bonds. The molecule has 0 heterocycles. The van der Waals surface area contributed by atoms with E-state index in [-0.39, 0.29) is 24.9 Å². The maximum Gasteiger partial charge on any atom is 0.306 e. The van der Waals surface area contributed by atoms with E-state index in [0.29, 0.717) is 18.9 Å². The van der Waals surface area contributed by atoms with E-state index < -0.39 is 6.17 Å². The molecule has 3 nitrogen and oxygen atoms in total. The van der Waals surface area contributed by atoms with Gasteiger partial charge in [0.05, 0.1) is 6.61 Å². The van der Waals surface area contributed by atoms with Gasteiger partial charge in [-0.3, -0.25) is 4.79 Å². The Labute approximate surface area is 97.5 Å². The van der Waals surface area contributed by atoms with Crippen molar-refractivity contribution in [1.29, 1.82) is 0 Å². The Kier molecular flexibility index (Phi) is 8.16. The molecule has 0 aliphatic carbocycles. The Bertz CT molecular complexity index is 195. The van der Waals surface area contributed by atoms with Crippen LogP contribution in [0.25, 0.3) is 0 Å². The second-order valence-corrected chi connectivity index (χ2v) is 4.73. The molecule has 4 heteroatoms. The van der Waals surface area contributed by atoms with Gasteiger partial charge in [0.15, 0.2) is 0 Å². The summed E-state index contributed by atoms with van der Waals surface area (Å²) >= 11 is 0. The third-order valence-electron chi connectivity index (χ3n) is 2.37. The number of halogens is 1. The van der Waals surface area contributed by atoms with E-state index in [4.69, 9.17) is 10.5 Å². The second kappa shape index (κ2) is 8.50. The number of esters is 1. The van der Waals surface area contributed by atoms with Crippen molar-refractivity contribution in [3.63, 3.8) is 0 Å². The first-order valence-electron chi connectivity index (χ1n) is 5.95. The van der Waals surface area contributed by atoms with Crippen molar-refractivity contribution in [2.75, 3.05) is 13.2 Å². The number of hydrogen-bond donors (Lipinski definition) is 1. The number of carbonyl (C=O) groups is 1. The van der Waals surface area contributed by atoms with Gasteiger partial charge in [-0.25, -0.2) is 4.39 Å². The summed E-state index contributed by atoms with van der Waals surface area (Å²) in [5.41, 5.74) is 5.58. The quantitative estimate of drug-likeness (QED) is 0.654. The molecule has 0 fully saturated rings. The van der Waals surface area contributed by atoms with Gasteiger partial charge in [-0.1, -0.05) is 13.8 Å². The van der Waals surface area contributed by atoms with Crippen LogP contribution in [0.2, 0.25) is 0 Å². The number of carbonyl (C=O) groups excluding carboxylic acids is 1. The van der Waals surface area contributed by atoms with Crippen LogP contribution >= 0.6 is 0 Å². The lowest BCUT2D eigenvalue weighted by molar-refractivity contribution is -0.145. The molecule has 96 valence electrons. The lowest BCUT2D eigenvalue weighted by Gasteiger charge is -2.16. The minimum Gasteiger partial charge on any atom is -0.466 e. The van der Waals surface area contributed by atoms with Crippen LogP contribution in [0.15, 0.2) is 0 Å². The van der Waals surface area contributed by atoms with Crippen LogP contribution in [0.3, 0.4) is 0 Å². The van der Waals surface area contributed by atoms with E-state index in [0.717, 1.165) is 6.42 Å². The van der Waals surface area contributed by atoms with E-state index in [1.807, 2.05) is 0 Å². The summed E-state index contributed by atoms with van der Waals surface area (Å²) in [5.74, 6) is 0.430. The summed E-state index contributed by atoms with van der Waals surface area (Å²) in [6.07, 6.45) is 0.609. The molecule has 2 N–H and O–H groups in total. The summed E-state index contributed by atoms with van der Waals surface area (Å²) < 4.78 is 17.4. The SMILES string of the molecule is CC(C)C[C@H](CN)CC(=O)OCC[C@H](C)F. The van der Waals surface area contributed by atoms with Crippen LogP contribution in [-0.2, 0) is 9.53 Å². The van der Waals surface area contributed by atoms with Crippen LogP contribution in [0.4, 0.5) is 4.39 Å². The molecule has 0 unspecified atom stereocenters. The normalized spacial score (nSPS) is 14.9. The number of rotatable bonds is 8. The third-order valence-corrected chi connectivity index (χ3v) is 2.37. The summed E-state index contributed by atoms with van der Waals surface area (Å²) in [7, 11) is 0. The highest BCUT2D eigenvalue weighted by molar-refractivity contribution is 5.69. The first kappa shape index (κ1) is 15.4. The van der Waals surface area contributed by atoms with Gasteiger partial charge in [0.25, 0.3) is 0 Å². The van der Waals surface area contributed by atoms with Crippen LogP contribution < -0.4 is 5.73 Å². The summed E-state index contributed by atoms with van der Waals surface area (Å²) in [4.78, 5) is 11.4. The highest BCUT2D eigenvalue weighted by Gasteiger charge is 2.15. The van der Waals surface area contributed by atoms with E-state index in [2.05, 4.69) is 13.8 Å². The van der Waals surface area contributed by atoms with Gasteiger partial charge >= 0.3 is 5.97 Å². The molecule has 0 aliphatic heterocycles. The van der Waals surface area contributed by atoms with Gasteiger partial charge in [-0.2, -0.15) is 0 Å². The first-order valence-corrected chi connectivity index (χ1v) is 5.95. The van der Waals surface area contributed by atoms with Crippen molar-refractivity contribution in [2.24, 2.45) is 17.6 Å². The van der Waals surface area contributed by atoms with Gasteiger partial charge in [0.1, 0.15) is 6.17 Å². The average molecular weight is 233 g/mol. The Hall–Kier alpha value is -0.640. The van der Waals surface area contributed by atoms with E-state index >= 15 is 0 Å². The van der Waals surface area contributed by atoms with E-state index in [1.165, 1.54) is 6.92 Å². The van der Waals surface area contributed by atoms with Crippen LogP contribution in [0, 0.1) is 11.8 Å². The maximum atomic E-state index is 12.4. The smallest absolute Gasteiger partial charge is 0.306 e. The Morgan fingerprint density at radius 3 is 2.44 bits per heavy atom. The molecule has 0 aliphatic rings. The van der Waals surface area contributed by atoms with Crippen LogP contribution in [-0.4, -0.2) is 25.3 Å². The zero-order chi connectivity index (χ0) is 12.6. The topological polar surface area (TPSA) is 52.3 Å². The fourth-order valence-electron chi connectivity index (χ4n) is 1.56. The van der Waals surface area contributed by atoms with Crippen molar-refractivity contribution in [1.82, 2.24) is 0 Å². The number of nitrogens with two attached hydrogens (primary N) is 1. The molecule has 2 atom stereocenters. The fourth-order valence-corrected chi connectivity index (χ4v) is 1.56. The van der Waals surface area contributed by atoms with Crippen molar-refractivity contribution in [3.8, 4) is 0 Å². The molecule has 0 spiro atoms. The Morgan fingerprint density at radius 1 is 1.38 bits per heavy atom. The zero-order valence-electron chi connectivity index (χ0n) is 10.5. The number of hydrogen-bond acceptors (Lipinski definition) is 3. The first-order chi connectivity index (χ1) is 7.45. The molecule has 0 bridgehead atoms. The number of alkyl halides is 1. The highest BCUT2D eigenvalue weighted by atomic mass is 19.1. The molecule has 0 aromatic rings. The summed E-state index contributed by atoms with van der Waals surface area (Å²) in [5, 5.41) is 0. The number of ether oxygens (including phenoxy) is 1. The minimum atomic E-state index is -0.922. The second-order valence-electron chi connectivity index (χ2n) is 4.73. The lowest BCUT2D eigenvalue weighted by Crippen LogP contribution is -2.21. The molecule has 16 heavy (non-hydrogen) atoms. The van der Waals surface area contributed by atoms with E-state index in [1.54, 1.807) is 0 Å². The standard InChI is InChI=1S/C12H24FNO2/c1-9(2)6-11(8-14)7-12(15)16-5-4-10(3)13/h9-11H,4-8,14H2,1-3H3/t10-,11-/m0/s1. The van der Waals surface area contributed by atoms with Gasteiger partial charge in [0.2, 0.25) is 0 Å². The fraction of sp³-hybridized carbons (Fsp3) is 0.917. The van der Waals surface area contributed by atoms with Crippen molar-refractivity contribution >= 4 is 5.97 Å². The third kappa shape index (κ3) is 8.65. The molecule has 0 radical (unpaired) electrons. The van der Waals surface area contributed by atoms with Gasteiger partial charge in [-0.05, 0) is 31.7 Å². The van der Waals surface area contributed by atoms with Crippen molar-refractivity contribution in [2.45, 2.75) is 46.2 Å². The van der Waals surface area contributed by atoms with Crippen molar-refractivity contribution in [3.05, 3.63) is 0 Å². The molecular formula is C12H24FNO2. The monoisotopic (exact) mass is 233 g/mol. The van der Waals surface area contributed by atoms with Gasteiger partial charge in [-0.15, -0.1) is 0 Å². The predicted molar refractivity (Wildman–Crippen MR) is 62.8 cm³/mol. The molecule has 0 rings (SSSR count). The Morgan fingerprint density at radius 2 is 2.00 bits per heavy atom. The average Bonchev–Trinajstić information content (AvgIpc) is 2.15. The highest BCUT2D eigenvalue weighted by Crippen LogP contribution is 2.14. The summed E-state index contributed by atoms with van der Waals surface area (Å²) in [6, 6.07) is 0. The molecular weight excluding hydrogens is 209 g/mol. The van der Waals surface area contributed by atoms with E-state index in [9.17, 15) is 9.18 Å². The molecule has 0 aromatic heterocycles. The molecule has 0 saturated carbocycles. The zero-order valence-corrected chi connectivity index (χ0v) is 10.5. The Balaban J connectivity index is 3.74.